The molecule has 2 aliphatic heterocycles. The lowest BCUT2D eigenvalue weighted by molar-refractivity contribution is -0.117. The van der Waals surface area contributed by atoms with Gasteiger partial charge in [-0.05, 0) is 11.6 Å². The van der Waals surface area contributed by atoms with Crippen LogP contribution in [0, 0.1) is 0 Å². The second kappa shape index (κ2) is 3.55. The van der Waals surface area contributed by atoms with Crippen LogP contribution in [0.15, 0.2) is 29.3 Å². The van der Waals surface area contributed by atoms with Gasteiger partial charge in [-0.1, -0.05) is 18.2 Å². The summed E-state index contributed by atoms with van der Waals surface area (Å²) in [4.78, 5) is 17.4. The minimum atomic E-state index is 0. The normalized spacial score (nSPS) is 17.2. The predicted molar refractivity (Wildman–Crippen MR) is 60.3 cm³/mol. The Morgan fingerprint density at radius 3 is 3.00 bits per heavy atom. The van der Waals surface area contributed by atoms with E-state index >= 15 is 0 Å². The number of hydrogen-bond donors (Lipinski definition) is 1. The van der Waals surface area contributed by atoms with Gasteiger partial charge in [-0.3, -0.25) is 10.1 Å². The summed E-state index contributed by atoms with van der Waals surface area (Å²) in [6, 6.07) is 8.03. The van der Waals surface area contributed by atoms with Crippen molar-refractivity contribution in [1.82, 2.24) is 5.32 Å². The number of carbonyl (C=O) groups excluding carboxylic acids is 1. The zero-order valence-corrected chi connectivity index (χ0v) is 8.75. The van der Waals surface area contributed by atoms with Gasteiger partial charge in [-0.25, -0.2) is 4.99 Å². The highest BCUT2D eigenvalue weighted by molar-refractivity contribution is 6.15. The van der Waals surface area contributed by atoms with Gasteiger partial charge in [0.2, 0.25) is 11.9 Å². The van der Waals surface area contributed by atoms with Crippen molar-refractivity contribution in [1.29, 1.82) is 0 Å². The number of guanidine groups is 1. The summed E-state index contributed by atoms with van der Waals surface area (Å²) in [6.07, 6.45) is 0. The van der Waals surface area contributed by atoms with Crippen LogP contribution >= 0.6 is 12.4 Å². The Morgan fingerprint density at radius 2 is 2.13 bits per heavy atom. The number of halogens is 1. The molecule has 1 aromatic carbocycles. The molecular formula is C10H10ClN3O. The fraction of sp³-hybridized carbons (Fsp3) is 0.200. The van der Waals surface area contributed by atoms with Gasteiger partial charge >= 0.3 is 0 Å². The third kappa shape index (κ3) is 1.47. The van der Waals surface area contributed by atoms with Crippen LogP contribution in [0.3, 0.4) is 0 Å². The number of carbonyl (C=O) groups is 1. The topological polar surface area (TPSA) is 44.7 Å². The number of amides is 1. The second-order valence-corrected chi connectivity index (χ2v) is 3.40. The summed E-state index contributed by atoms with van der Waals surface area (Å²) in [5.74, 6) is 0.703. The molecule has 0 radical (unpaired) electrons. The maximum atomic E-state index is 11.2. The Balaban J connectivity index is 0.000000853. The van der Waals surface area contributed by atoms with Gasteiger partial charge in [0.05, 0.1) is 6.54 Å². The van der Waals surface area contributed by atoms with Gasteiger partial charge in [-0.15, -0.1) is 12.4 Å². The van der Waals surface area contributed by atoms with Crippen LogP contribution in [0.25, 0.3) is 0 Å². The van der Waals surface area contributed by atoms with Crippen LogP contribution in [-0.4, -0.2) is 18.4 Å². The van der Waals surface area contributed by atoms with Crippen molar-refractivity contribution >= 4 is 30.0 Å². The van der Waals surface area contributed by atoms with Crippen LogP contribution in [0.4, 0.5) is 5.69 Å². The molecule has 0 aromatic heterocycles. The summed E-state index contributed by atoms with van der Waals surface area (Å²) in [5.41, 5.74) is 2.27. The number of anilines is 1. The van der Waals surface area contributed by atoms with Crippen LogP contribution in [0.1, 0.15) is 5.56 Å². The summed E-state index contributed by atoms with van der Waals surface area (Å²) in [5, 5.41) is 2.73. The lowest BCUT2D eigenvalue weighted by Gasteiger charge is -2.23. The number of nitrogens with one attached hydrogen (secondary N) is 1. The van der Waals surface area contributed by atoms with Crippen molar-refractivity contribution in [3.05, 3.63) is 29.8 Å². The van der Waals surface area contributed by atoms with Crippen LogP contribution in [0.5, 0.6) is 0 Å². The second-order valence-electron chi connectivity index (χ2n) is 3.40. The van der Waals surface area contributed by atoms with E-state index in [0.717, 1.165) is 5.69 Å². The zero-order chi connectivity index (χ0) is 9.54. The van der Waals surface area contributed by atoms with Crippen molar-refractivity contribution in [2.24, 2.45) is 4.99 Å². The number of benzene rings is 1. The molecule has 0 saturated carbocycles. The monoisotopic (exact) mass is 223 g/mol. The van der Waals surface area contributed by atoms with Crippen LogP contribution < -0.4 is 10.2 Å². The summed E-state index contributed by atoms with van der Waals surface area (Å²) in [7, 11) is 0. The molecule has 0 atom stereocenters. The SMILES string of the molecule is Cl.O=C1CN2C(=NCc3ccccc32)N1. The molecule has 0 aliphatic carbocycles. The predicted octanol–water partition coefficient (Wildman–Crippen LogP) is 0.914. The van der Waals surface area contributed by atoms with E-state index in [1.165, 1.54) is 5.56 Å². The molecule has 1 aromatic rings. The van der Waals surface area contributed by atoms with Gasteiger partial charge in [0, 0.05) is 5.69 Å². The first-order valence-corrected chi connectivity index (χ1v) is 4.54. The molecule has 4 nitrogen and oxygen atoms in total. The number of rotatable bonds is 0. The Hall–Kier alpha value is -1.55. The average Bonchev–Trinajstić information content (AvgIpc) is 2.59. The van der Waals surface area contributed by atoms with Gasteiger partial charge < -0.3 is 4.90 Å². The van der Waals surface area contributed by atoms with Crippen LogP contribution in [0.2, 0.25) is 0 Å². The van der Waals surface area contributed by atoms with Gasteiger partial charge in [-0.2, -0.15) is 0 Å². The van der Waals surface area contributed by atoms with E-state index in [4.69, 9.17) is 0 Å². The molecule has 1 amide bonds. The number of fused-ring (bicyclic) bond motifs is 3. The number of para-hydroxylation sites is 1. The Morgan fingerprint density at radius 1 is 1.33 bits per heavy atom. The maximum Gasteiger partial charge on any atom is 0.246 e. The number of hydrogen-bond acceptors (Lipinski definition) is 3. The highest BCUT2D eigenvalue weighted by Gasteiger charge is 2.29. The van der Waals surface area contributed by atoms with E-state index in [1.807, 2.05) is 29.2 Å². The first-order chi connectivity index (χ1) is 6.84. The lowest BCUT2D eigenvalue weighted by atomic mass is 10.1. The van der Waals surface area contributed by atoms with Crippen molar-refractivity contribution in [2.75, 3.05) is 11.4 Å². The third-order valence-electron chi connectivity index (χ3n) is 2.49. The fourth-order valence-corrected chi connectivity index (χ4v) is 1.84. The molecule has 1 N–H and O–H groups in total. The highest BCUT2D eigenvalue weighted by Crippen LogP contribution is 2.26. The molecule has 1 saturated heterocycles. The van der Waals surface area contributed by atoms with E-state index in [-0.39, 0.29) is 18.3 Å². The van der Waals surface area contributed by atoms with E-state index < -0.39 is 0 Å². The quantitative estimate of drug-likeness (QED) is 0.711. The number of aliphatic imine (C=N–C) groups is 1. The summed E-state index contributed by atoms with van der Waals surface area (Å²) < 4.78 is 0. The third-order valence-corrected chi connectivity index (χ3v) is 2.49. The lowest BCUT2D eigenvalue weighted by Crippen LogP contribution is -2.33. The van der Waals surface area contributed by atoms with Crippen molar-refractivity contribution in [3.8, 4) is 0 Å². The molecule has 2 heterocycles. The summed E-state index contributed by atoms with van der Waals surface area (Å²) in [6.45, 7) is 1.04. The summed E-state index contributed by atoms with van der Waals surface area (Å²) >= 11 is 0. The maximum absolute atomic E-state index is 11.2. The first-order valence-electron chi connectivity index (χ1n) is 4.54. The van der Waals surface area contributed by atoms with Crippen LogP contribution in [-0.2, 0) is 11.3 Å². The standard InChI is InChI=1S/C10H9N3O.ClH/c14-9-6-13-8-4-2-1-3-7(8)5-11-10(13)12-9;/h1-4H,5-6H2,(H,11,12,14);1H. The van der Waals surface area contributed by atoms with Gasteiger partial charge in [0.1, 0.15) is 6.54 Å². The fourth-order valence-electron chi connectivity index (χ4n) is 1.84. The molecular weight excluding hydrogens is 214 g/mol. The molecule has 15 heavy (non-hydrogen) atoms. The minimum absolute atomic E-state index is 0. The molecule has 0 spiro atoms. The van der Waals surface area contributed by atoms with Crippen molar-refractivity contribution < 1.29 is 4.79 Å². The van der Waals surface area contributed by atoms with E-state index in [1.54, 1.807) is 0 Å². The van der Waals surface area contributed by atoms with E-state index in [2.05, 4.69) is 10.3 Å². The largest absolute Gasteiger partial charge is 0.303 e. The zero-order valence-electron chi connectivity index (χ0n) is 7.93. The smallest absolute Gasteiger partial charge is 0.246 e. The first kappa shape index (κ1) is 9.98. The Bertz CT molecular complexity index is 444. The molecule has 0 unspecified atom stereocenters. The molecule has 2 aliphatic rings. The molecule has 1 fully saturated rings. The van der Waals surface area contributed by atoms with E-state index in [9.17, 15) is 4.79 Å². The van der Waals surface area contributed by atoms with Crippen molar-refractivity contribution in [3.63, 3.8) is 0 Å². The molecule has 0 bridgehead atoms. The van der Waals surface area contributed by atoms with Crippen molar-refractivity contribution in [2.45, 2.75) is 6.54 Å². The number of nitrogens with zero attached hydrogens (tertiary/aromatic N) is 2. The van der Waals surface area contributed by atoms with Gasteiger partial charge in [0.25, 0.3) is 0 Å². The molecule has 5 heteroatoms. The Labute approximate surface area is 93.4 Å². The van der Waals surface area contributed by atoms with E-state index in [0.29, 0.717) is 19.0 Å². The average molecular weight is 224 g/mol. The molecule has 3 rings (SSSR count). The van der Waals surface area contributed by atoms with Gasteiger partial charge in [0.15, 0.2) is 0 Å². The molecule has 78 valence electrons. The minimum Gasteiger partial charge on any atom is -0.303 e. The highest BCUT2D eigenvalue weighted by atomic mass is 35.5. The Kier molecular flexibility index (Phi) is 2.36.